The second-order valence-corrected chi connectivity index (χ2v) is 7.45. The van der Waals surface area contributed by atoms with Gasteiger partial charge in [0.1, 0.15) is 5.82 Å². The van der Waals surface area contributed by atoms with Gasteiger partial charge in [0, 0.05) is 31.7 Å². The van der Waals surface area contributed by atoms with Crippen molar-refractivity contribution in [1.82, 2.24) is 33.9 Å². The van der Waals surface area contributed by atoms with E-state index >= 15 is 0 Å². The molecular weight excluding hydrogens is 410 g/mol. The summed E-state index contributed by atoms with van der Waals surface area (Å²) in [5, 5.41) is 5.23. The topological polar surface area (TPSA) is 102 Å². The van der Waals surface area contributed by atoms with Gasteiger partial charge in [-0.15, -0.1) is 0 Å². The van der Waals surface area contributed by atoms with Crippen molar-refractivity contribution in [2.45, 2.75) is 6.92 Å². The molecule has 32 heavy (non-hydrogen) atoms. The monoisotopic (exact) mass is 431 g/mol. The van der Waals surface area contributed by atoms with Crippen molar-refractivity contribution < 1.29 is 9.47 Å². The van der Waals surface area contributed by atoms with Gasteiger partial charge >= 0.3 is 11.7 Å². The second-order valence-electron chi connectivity index (χ2n) is 7.45. The van der Waals surface area contributed by atoms with E-state index in [1.54, 1.807) is 40.4 Å². The minimum Gasteiger partial charge on any atom is -0.480 e. The van der Waals surface area contributed by atoms with Crippen LogP contribution in [0, 0.1) is 6.92 Å². The number of aromatic nitrogens is 7. The van der Waals surface area contributed by atoms with Gasteiger partial charge in [0.25, 0.3) is 0 Å². The molecule has 0 aliphatic heterocycles. The van der Waals surface area contributed by atoms with Crippen LogP contribution in [0.25, 0.3) is 38.9 Å². The summed E-state index contributed by atoms with van der Waals surface area (Å²) in [4.78, 5) is 26.3. The maximum atomic E-state index is 13.2. The zero-order chi connectivity index (χ0) is 22.6. The summed E-state index contributed by atoms with van der Waals surface area (Å²) >= 11 is 0. The molecule has 1 aromatic carbocycles. The summed E-state index contributed by atoms with van der Waals surface area (Å²) in [6.07, 6.45) is 3.37. The molecule has 4 heterocycles. The van der Waals surface area contributed by atoms with Gasteiger partial charge in [-0.1, -0.05) is 6.07 Å². The third-order valence-corrected chi connectivity index (χ3v) is 5.51. The molecule has 4 aromatic heterocycles. The third-order valence-electron chi connectivity index (χ3n) is 5.51. The standard InChI is InChI=1S/C22H21N7O3/c1-12-8-18(28(3)26-12)29-19-14-9-13(15-10-24-21(32-5)25-20(15)31-4)6-7-16(14)23-11-17(19)27(2)22(29)30/h6-11H,1-5H3. The Bertz CT molecular complexity index is 1560. The van der Waals surface area contributed by atoms with E-state index in [1.165, 1.54) is 7.11 Å². The quantitative estimate of drug-likeness (QED) is 0.431. The van der Waals surface area contributed by atoms with E-state index in [1.807, 2.05) is 38.2 Å². The number of ether oxygens (including phenoxy) is 2. The Morgan fingerprint density at radius 1 is 1.00 bits per heavy atom. The summed E-state index contributed by atoms with van der Waals surface area (Å²) < 4.78 is 15.5. The number of imidazole rings is 1. The molecule has 0 saturated carbocycles. The molecule has 10 nitrogen and oxygen atoms in total. The van der Waals surface area contributed by atoms with Crippen LogP contribution in [0.3, 0.4) is 0 Å². The number of hydrogen-bond acceptors (Lipinski definition) is 7. The van der Waals surface area contributed by atoms with Crippen LogP contribution < -0.4 is 15.2 Å². The molecule has 0 atom stereocenters. The molecule has 0 radical (unpaired) electrons. The lowest BCUT2D eigenvalue weighted by molar-refractivity contribution is 0.353. The van der Waals surface area contributed by atoms with E-state index in [9.17, 15) is 4.79 Å². The Balaban J connectivity index is 1.85. The predicted molar refractivity (Wildman–Crippen MR) is 119 cm³/mol. The molecule has 162 valence electrons. The minimum atomic E-state index is -0.173. The van der Waals surface area contributed by atoms with Gasteiger partial charge in [0.15, 0.2) is 0 Å². The fourth-order valence-electron chi connectivity index (χ4n) is 3.99. The van der Waals surface area contributed by atoms with E-state index in [4.69, 9.17) is 9.47 Å². The summed E-state index contributed by atoms with van der Waals surface area (Å²) in [7, 11) is 6.61. The van der Waals surface area contributed by atoms with Crippen LogP contribution in [0.1, 0.15) is 5.69 Å². The summed E-state index contributed by atoms with van der Waals surface area (Å²) in [6.45, 7) is 1.90. The molecule has 0 saturated heterocycles. The Hall–Kier alpha value is -4.21. The average molecular weight is 431 g/mol. The molecular formula is C22H21N7O3. The highest BCUT2D eigenvalue weighted by atomic mass is 16.5. The van der Waals surface area contributed by atoms with Crippen LogP contribution in [0.15, 0.2) is 41.5 Å². The molecule has 0 spiro atoms. The van der Waals surface area contributed by atoms with Gasteiger partial charge < -0.3 is 9.47 Å². The van der Waals surface area contributed by atoms with Crippen molar-refractivity contribution in [1.29, 1.82) is 0 Å². The SMILES string of the molecule is COc1ncc(-c2ccc3ncc4c(c3c2)n(-c2cc(C)nn2C)c(=O)n4C)c(OC)n1. The maximum Gasteiger partial charge on any atom is 0.334 e. The lowest BCUT2D eigenvalue weighted by atomic mass is 10.0. The molecule has 0 amide bonds. The van der Waals surface area contributed by atoms with Crippen LogP contribution in [-0.4, -0.2) is 48.1 Å². The number of benzene rings is 1. The normalized spacial score (nSPS) is 11.4. The molecule has 0 aliphatic carbocycles. The van der Waals surface area contributed by atoms with Crippen LogP contribution in [0.2, 0.25) is 0 Å². The Morgan fingerprint density at radius 2 is 1.81 bits per heavy atom. The number of fused-ring (bicyclic) bond motifs is 3. The van der Waals surface area contributed by atoms with Crippen molar-refractivity contribution in [2.24, 2.45) is 14.1 Å². The Labute approximate surface area is 182 Å². The Kier molecular flexibility index (Phi) is 4.43. The zero-order valence-electron chi connectivity index (χ0n) is 18.3. The number of aryl methyl sites for hydroxylation is 3. The van der Waals surface area contributed by atoms with Crippen molar-refractivity contribution in [3.8, 4) is 28.8 Å². The first-order valence-corrected chi connectivity index (χ1v) is 9.89. The van der Waals surface area contributed by atoms with E-state index < -0.39 is 0 Å². The second kappa shape index (κ2) is 7.19. The molecule has 0 aliphatic rings. The molecule has 0 unspecified atom stereocenters. The van der Waals surface area contributed by atoms with Crippen LogP contribution in [0.4, 0.5) is 0 Å². The predicted octanol–water partition coefficient (Wildman–Crippen LogP) is 2.39. The van der Waals surface area contributed by atoms with Gasteiger partial charge in [0.2, 0.25) is 5.88 Å². The van der Waals surface area contributed by atoms with Crippen LogP contribution in [0.5, 0.6) is 11.9 Å². The molecule has 0 fully saturated rings. The van der Waals surface area contributed by atoms with E-state index in [0.717, 1.165) is 33.2 Å². The van der Waals surface area contributed by atoms with Crippen molar-refractivity contribution in [3.63, 3.8) is 0 Å². The van der Waals surface area contributed by atoms with E-state index in [2.05, 4.69) is 20.1 Å². The summed E-state index contributed by atoms with van der Waals surface area (Å²) in [6, 6.07) is 7.91. The average Bonchev–Trinajstić information content (AvgIpc) is 3.27. The summed E-state index contributed by atoms with van der Waals surface area (Å²) in [5.41, 5.74) is 4.41. The number of methoxy groups -OCH3 is 2. The first-order valence-electron chi connectivity index (χ1n) is 9.89. The van der Waals surface area contributed by atoms with Crippen LogP contribution in [-0.2, 0) is 14.1 Å². The minimum absolute atomic E-state index is 0.173. The Morgan fingerprint density at radius 3 is 2.50 bits per heavy atom. The molecule has 10 heteroatoms. The fraction of sp³-hybridized carbons (Fsp3) is 0.227. The maximum absolute atomic E-state index is 13.2. The van der Waals surface area contributed by atoms with Gasteiger partial charge in [-0.3, -0.25) is 14.2 Å². The fourth-order valence-corrected chi connectivity index (χ4v) is 3.99. The molecule has 5 rings (SSSR count). The number of pyridine rings is 1. The molecule has 0 bridgehead atoms. The molecule has 5 aromatic rings. The van der Waals surface area contributed by atoms with Crippen molar-refractivity contribution in [2.75, 3.05) is 14.2 Å². The highest BCUT2D eigenvalue weighted by molar-refractivity contribution is 6.04. The van der Waals surface area contributed by atoms with E-state index in [-0.39, 0.29) is 11.7 Å². The lowest BCUT2D eigenvalue weighted by Crippen LogP contribution is -2.22. The number of hydrogen-bond donors (Lipinski definition) is 0. The molecule has 0 N–H and O–H groups in total. The van der Waals surface area contributed by atoms with Crippen molar-refractivity contribution >= 4 is 21.9 Å². The van der Waals surface area contributed by atoms with E-state index in [0.29, 0.717) is 17.3 Å². The number of rotatable bonds is 4. The highest BCUT2D eigenvalue weighted by Gasteiger charge is 2.20. The smallest absolute Gasteiger partial charge is 0.334 e. The third kappa shape index (κ3) is 2.83. The highest BCUT2D eigenvalue weighted by Crippen LogP contribution is 2.33. The summed E-state index contributed by atoms with van der Waals surface area (Å²) in [5.74, 6) is 1.07. The lowest BCUT2D eigenvalue weighted by Gasteiger charge is -2.10. The van der Waals surface area contributed by atoms with Gasteiger partial charge in [-0.2, -0.15) is 10.1 Å². The number of nitrogens with zero attached hydrogens (tertiary/aromatic N) is 7. The van der Waals surface area contributed by atoms with Gasteiger partial charge in [0.05, 0.1) is 48.2 Å². The van der Waals surface area contributed by atoms with Crippen LogP contribution >= 0.6 is 0 Å². The van der Waals surface area contributed by atoms with Crippen molar-refractivity contribution in [3.05, 3.63) is 52.8 Å². The first-order chi connectivity index (χ1) is 15.4. The van der Waals surface area contributed by atoms with Gasteiger partial charge in [-0.05, 0) is 24.6 Å². The zero-order valence-corrected chi connectivity index (χ0v) is 18.3. The first kappa shape index (κ1) is 19.7. The largest absolute Gasteiger partial charge is 0.480 e. The van der Waals surface area contributed by atoms with Gasteiger partial charge in [-0.25, -0.2) is 14.3 Å².